The summed E-state index contributed by atoms with van der Waals surface area (Å²) in [6.07, 6.45) is 0. The van der Waals surface area contributed by atoms with Crippen molar-refractivity contribution in [2.45, 2.75) is 33.4 Å². The van der Waals surface area contributed by atoms with Crippen LogP contribution in [0.5, 0.6) is 0 Å². The Morgan fingerprint density at radius 2 is 2.04 bits per heavy atom. The van der Waals surface area contributed by atoms with Crippen molar-refractivity contribution in [2.75, 3.05) is 0 Å². The fraction of sp³-hybridized carbons (Fsp3) is 0.250. The van der Waals surface area contributed by atoms with Crippen LogP contribution in [0.1, 0.15) is 45.2 Å². The lowest BCUT2D eigenvalue weighted by molar-refractivity contribution is -0.384. The van der Waals surface area contributed by atoms with Crippen LogP contribution in [0.4, 0.5) is 5.69 Å². The molecule has 27 heavy (non-hydrogen) atoms. The van der Waals surface area contributed by atoms with Gasteiger partial charge in [0.1, 0.15) is 0 Å². The summed E-state index contributed by atoms with van der Waals surface area (Å²) in [5.41, 5.74) is 3.27. The summed E-state index contributed by atoms with van der Waals surface area (Å²) >= 11 is 1.69. The maximum atomic E-state index is 12.8. The van der Waals surface area contributed by atoms with E-state index >= 15 is 0 Å². The number of aromatic nitrogens is 1. The van der Waals surface area contributed by atoms with Crippen LogP contribution in [-0.4, -0.2) is 15.4 Å². The lowest BCUT2D eigenvalue weighted by Gasteiger charge is -2.14. The monoisotopic (exact) mass is 383 g/mol. The van der Waals surface area contributed by atoms with Gasteiger partial charge in [-0.15, -0.1) is 11.3 Å². The van der Waals surface area contributed by atoms with E-state index in [1.807, 2.05) is 38.3 Å². The molecule has 0 aliphatic carbocycles. The second-order valence-electron chi connectivity index (χ2n) is 6.50. The highest BCUT2D eigenvalue weighted by atomic mass is 32.1. The number of benzene rings is 1. The number of nitrogens with one attached hydrogen (secondary N) is 1. The molecule has 1 aromatic carbocycles. The molecule has 1 unspecified atom stereocenters. The predicted octanol–water partition coefficient (Wildman–Crippen LogP) is 4.61. The van der Waals surface area contributed by atoms with Crippen LogP contribution in [0.25, 0.3) is 0 Å². The molecular weight excluding hydrogens is 362 g/mol. The molecule has 7 heteroatoms. The topological polar surface area (TPSA) is 77.2 Å². The molecule has 0 aliphatic heterocycles. The lowest BCUT2D eigenvalue weighted by Crippen LogP contribution is -2.27. The molecule has 6 nitrogen and oxygen atoms in total. The molecule has 1 amide bonds. The molecule has 0 saturated carbocycles. The average molecular weight is 383 g/mol. The van der Waals surface area contributed by atoms with E-state index in [4.69, 9.17) is 0 Å². The molecule has 0 aliphatic rings. The molecule has 0 saturated heterocycles. The normalized spacial score (nSPS) is 12.0. The van der Waals surface area contributed by atoms with Crippen molar-refractivity contribution in [2.24, 2.45) is 0 Å². The first-order valence-electron chi connectivity index (χ1n) is 8.61. The van der Waals surface area contributed by atoms with E-state index in [2.05, 4.69) is 16.0 Å². The number of carbonyl (C=O) groups is 1. The van der Waals surface area contributed by atoms with Gasteiger partial charge in [-0.05, 0) is 43.8 Å². The molecule has 0 radical (unpaired) electrons. The summed E-state index contributed by atoms with van der Waals surface area (Å²) in [6, 6.07) is 12.0. The van der Waals surface area contributed by atoms with Gasteiger partial charge in [0.25, 0.3) is 11.6 Å². The number of non-ortho nitro benzene ring substituents is 1. The van der Waals surface area contributed by atoms with Crippen LogP contribution in [-0.2, 0) is 6.54 Å². The van der Waals surface area contributed by atoms with Crippen LogP contribution in [0.2, 0.25) is 0 Å². The molecular formula is C20H21N3O3S. The summed E-state index contributed by atoms with van der Waals surface area (Å²) < 4.78 is 2.12. The summed E-state index contributed by atoms with van der Waals surface area (Å²) in [7, 11) is 0. The zero-order valence-electron chi connectivity index (χ0n) is 15.4. The van der Waals surface area contributed by atoms with Gasteiger partial charge in [0, 0.05) is 28.4 Å². The highest BCUT2D eigenvalue weighted by Gasteiger charge is 2.19. The Hall–Kier alpha value is -2.93. The fourth-order valence-electron chi connectivity index (χ4n) is 3.10. The maximum Gasteiger partial charge on any atom is 0.269 e. The Kier molecular flexibility index (Phi) is 5.41. The van der Waals surface area contributed by atoms with Gasteiger partial charge in [0.15, 0.2) is 0 Å². The van der Waals surface area contributed by atoms with Crippen LogP contribution in [0.3, 0.4) is 0 Å². The van der Waals surface area contributed by atoms with Crippen molar-refractivity contribution in [3.8, 4) is 0 Å². The first-order chi connectivity index (χ1) is 12.9. The van der Waals surface area contributed by atoms with E-state index in [0.717, 1.165) is 17.9 Å². The lowest BCUT2D eigenvalue weighted by atomic mass is 10.1. The van der Waals surface area contributed by atoms with Gasteiger partial charge >= 0.3 is 0 Å². The predicted molar refractivity (Wildman–Crippen MR) is 106 cm³/mol. The van der Waals surface area contributed by atoms with E-state index < -0.39 is 4.92 Å². The Balaban J connectivity index is 1.78. The van der Waals surface area contributed by atoms with Crippen LogP contribution < -0.4 is 5.32 Å². The third kappa shape index (κ3) is 4.09. The Morgan fingerprint density at radius 3 is 2.70 bits per heavy atom. The number of hydrogen-bond donors (Lipinski definition) is 1. The molecule has 140 valence electrons. The second-order valence-corrected chi connectivity index (χ2v) is 7.53. The maximum absolute atomic E-state index is 12.8. The largest absolute Gasteiger partial charge is 0.345 e. The van der Waals surface area contributed by atoms with Crippen molar-refractivity contribution < 1.29 is 9.72 Å². The number of hydrogen-bond acceptors (Lipinski definition) is 4. The smallest absolute Gasteiger partial charge is 0.269 e. The average Bonchev–Trinajstić information content (AvgIpc) is 3.25. The summed E-state index contributed by atoms with van der Waals surface area (Å²) in [6.45, 7) is 6.49. The van der Waals surface area contributed by atoms with Gasteiger partial charge in [-0.2, -0.15) is 0 Å². The number of amides is 1. The number of rotatable bonds is 6. The fourth-order valence-corrected chi connectivity index (χ4v) is 3.79. The Bertz CT molecular complexity index is 977. The van der Waals surface area contributed by atoms with Gasteiger partial charge < -0.3 is 9.88 Å². The molecule has 0 spiro atoms. The zero-order valence-corrected chi connectivity index (χ0v) is 16.2. The van der Waals surface area contributed by atoms with Gasteiger partial charge in [-0.3, -0.25) is 14.9 Å². The molecule has 3 aromatic rings. The number of nitrogens with zero attached hydrogens (tertiary/aromatic N) is 2. The number of nitro groups is 1. The molecule has 2 heterocycles. The van der Waals surface area contributed by atoms with Crippen molar-refractivity contribution >= 4 is 22.9 Å². The van der Waals surface area contributed by atoms with Crippen molar-refractivity contribution in [3.63, 3.8) is 0 Å². The van der Waals surface area contributed by atoms with Gasteiger partial charge in [0.2, 0.25) is 0 Å². The highest BCUT2D eigenvalue weighted by molar-refractivity contribution is 7.09. The molecule has 1 N–H and O–H groups in total. The van der Waals surface area contributed by atoms with Gasteiger partial charge in [-0.1, -0.05) is 18.2 Å². The summed E-state index contributed by atoms with van der Waals surface area (Å²) in [5.74, 6) is -0.181. The molecule has 0 fully saturated rings. The number of aryl methyl sites for hydroxylation is 1. The molecule has 0 bridgehead atoms. The van der Waals surface area contributed by atoms with Crippen molar-refractivity contribution in [3.05, 3.63) is 85.4 Å². The van der Waals surface area contributed by atoms with E-state index in [9.17, 15) is 14.9 Å². The third-order valence-corrected chi connectivity index (χ3v) is 5.50. The van der Waals surface area contributed by atoms with Gasteiger partial charge in [0.05, 0.1) is 23.1 Å². The highest BCUT2D eigenvalue weighted by Crippen LogP contribution is 2.22. The summed E-state index contributed by atoms with van der Waals surface area (Å²) in [4.78, 5) is 24.5. The summed E-state index contributed by atoms with van der Waals surface area (Å²) in [5, 5.41) is 15.9. The second kappa shape index (κ2) is 7.75. The van der Waals surface area contributed by atoms with Crippen molar-refractivity contribution in [1.29, 1.82) is 0 Å². The van der Waals surface area contributed by atoms with E-state index in [1.54, 1.807) is 23.5 Å². The van der Waals surface area contributed by atoms with Crippen molar-refractivity contribution in [1.82, 2.24) is 9.88 Å². The van der Waals surface area contributed by atoms with E-state index in [-0.39, 0.29) is 17.6 Å². The SMILES string of the molecule is Cc1cc(C(=O)NC(C)c2cccc([N+](=O)[O-])c2)c(C)n1Cc1cccs1. The third-order valence-electron chi connectivity index (χ3n) is 4.64. The minimum Gasteiger partial charge on any atom is -0.345 e. The number of thiophene rings is 1. The van der Waals surface area contributed by atoms with Crippen LogP contribution >= 0.6 is 11.3 Å². The minimum atomic E-state index is -0.434. The first kappa shape index (κ1) is 18.8. The molecule has 1 atom stereocenters. The number of nitro benzene ring substituents is 1. The van der Waals surface area contributed by atoms with Crippen LogP contribution in [0, 0.1) is 24.0 Å². The standard InChI is InChI=1S/C20H21N3O3S/c1-13-10-19(15(3)22(13)12-18-8-5-9-27-18)20(24)21-14(2)16-6-4-7-17(11-16)23(25)26/h4-11,14H,12H2,1-3H3,(H,21,24). The quantitative estimate of drug-likeness (QED) is 0.499. The van der Waals surface area contributed by atoms with Gasteiger partial charge in [-0.25, -0.2) is 0 Å². The Morgan fingerprint density at radius 1 is 1.26 bits per heavy atom. The van der Waals surface area contributed by atoms with Crippen LogP contribution in [0.15, 0.2) is 47.8 Å². The minimum absolute atomic E-state index is 0.0164. The molecule has 2 aromatic heterocycles. The first-order valence-corrected chi connectivity index (χ1v) is 9.49. The van der Waals surface area contributed by atoms with E-state index in [1.165, 1.54) is 17.0 Å². The molecule has 3 rings (SSSR count). The van der Waals surface area contributed by atoms with E-state index in [0.29, 0.717) is 11.1 Å². The number of carbonyl (C=O) groups excluding carboxylic acids is 1. The zero-order chi connectivity index (χ0) is 19.6. The Labute approximate surface area is 161 Å².